The maximum absolute atomic E-state index is 11.5. The summed E-state index contributed by atoms with van der Waals surface area (Å²) in [6, 6.07) is 2.59. The van der Waals surface area contributed by atoms with Gasteiger partial charge in [0.1, 0.15) is 0 Å². The average molecular weight is 243 g/mol. The second kappa shape index (κ2) is 4.84. The molecule has 1 aromatic rings. The Bertz CT molecular complexity index is 439. The molecule has 7 heteroatoms. The van der Waals surface area contributed by atoms with Gasteiger partial charge in [-0.05, 0) is 6.07 Å². The molecule has 6 nitrogen and oxygen atoms in total. The van der Waals surface area contributed by atoms with Crippen molar-refractivity contribution in [3.05, 3.63) is 27.1 Å². The van der Waals surface area contributed by atoms with Gasteiger partial charge in [0.25, 0.3) is 0 Å². The van der Waals surface area contributed by atoms with Crippen molar-refractivity contribution in [1.29, 1.82) is 0 Å². The smallest absolute Gasteiger partial charge is 0.324 e. The third-order valence-electron chi connectivity index (χ3n) is 1.96. The van der Waals surface area contributed by atoms with Crippen LogP contribution < -0.4 is 0 Å². The first-order chi connectivity index (χ1) is 7.41. The van der Waals surface area contributed by atoms with Gasteiger partial charge in [0.2, 0.25) is 0 Å². The van der Waals surface area contributed by atoms with Gasteiger partial charge in [0, 0.05) is 12.5 Å². The van der Waals surface area contributed by atoms with Crippen LogP contribution in [0.1, 0.15) is 23.0 Å². The molecule has 0 aliphatic rings. The fourth-order valence-electron chi connectivity index (χ4n) is 1.04. The Balaban J connectivity index is 2.73. The third-order valence-corrected chi connectivity index (χ3v) is 3.04. The molecule has 0 fully saturated rings. The number of ketones is 1. The van der Waals surface area contributed by atoms with E-state index in [1.807, 2.05) is 0 Å². The van der Waals surface area contributed by atoms with Crippen LogP contribution in [0.4, 0.5) is 5.00 Å². The summed E-state index contributed by atoms with van der Waals surface area (Å²) in [4.78, 5) is 32.1. The van der Waals surface area contributed by atoms with Crippen molar-refractivity contribution in [2.75, 3.05) is 0 Å². The van der Waals surface area contributed by atoms with Crippen LogP contribution in [0.5, 0.6) is 0 Å². The van der Waals surface area contributed by atoms with Crippen molar-refractivity contribution in [1.82, 2.24) is 0 Å². The Hall–Kier alpha value is -1.76. The molecule has 1 atom stereocenters. The molecule has 0 aliphatic carbocycles. The number of hydrogen-bond donors (Lipinski definition) is 1. The van der Waals surface area contributed by atoms with Crippen LogP contribution in [0.3, 0.4) is 0 Å². The molecule has 1 rings (SSSR count). The van der Waals surface area contributed by atoms with Gasteiger partial charge in [-0.1, -0.05) is 18.3 Å². The van der Waals surface area contributed by atoms with E-state index in [2.05, 4.69) is 0 Å². The lowest BCUT2D eigenvalue weighted by molar-refractivity contribution is -0.380. The molecular weight excluding hydrogens is 234 g/mol. The van der Waals surface area contributed by atoms with E-state index >= 15 is 0 Å². The Labute approximate surface area is 94.7 Å². The lowest BCUT2D eigenvalue weighted by Gasteiger charge is -2.02. The largest absolute Gasteiger partial charge is 0.481 e. The second-order valence-electron chi connectivity index (χ2n) is 3.26. The average Bonchev–Trinajstić information content (AvgIpc) is 2.65. The van der Waals surface area contributed by atoms with Gasteiger partial charge in [-0.25, -0.2) is 0 Å². The topological polar surface area (TPSA) is 97.5 Å². The number of carboxylic acid groups (broad SMARTS) is 1. The van der Waals surface area contributed by atoms with E-state index in [4.69, 9.17) is 5.11 Å². The quantitative estimate of drug-likeness (QED) is 0.484. The van der Waals surface area contributed by atoms with Crippen molar-refractivity contribution in [3.63, 3.8) is 0 Å². The highest BCUT2D eigenvalue weighted by Gasteiger charge is 2.20. The number of aliphatic carboxylic acids is 1. The highest BCUT2D eigenvalue weighted by atomic mass is 32.1. The summed E-state index contributed by atoms with van der Waals surface area (Å²) in [5.74, 6) is -2.22. The summed E-state index contributed by atoms with van der Waals surface area (Å²) in [6.45, 7) is 1.42. The molecule has 16 heavy (non-hydrogen) atoms. The first kappa shape index (κ1) is 12.3. The maximum Gasteiger partial charge on any atom is 0.324 e. The minimum absolute atomic E-state index is 0.119. The second-order valence-corrected chi connectivity index (χ2v) is 4.32. The predicted octanol–water partition coefficient (Wildman–Crippen LogP) is 1.95. The first-order valence-corrected chi connectivity index (χ1v) is 5.23. The van der Waals surface area contributed by atoms with Crippen molar-refractivity contribution < 1.29 is 19.6 Å². The number of rotatable bonds is 5. The van der Waals surface area contributed by atoms with Crippen LogP contribution in [0, 0.1) is 16.0 Å². The molecule has 1 aromatic heterocycles. The molecule has 0 aliphatic heterocycles. The van der Waals surface area contributed by atoms with Crippen molar-refractivity contribution in [3.8, 4) is 0 Å². The maximum atomic E-state index is 11.5. The molecule has 0 saturated carbocycles. The van der Waals surface area contributed by atoms with E-state index in [0.29, 0.717) is 0 Å². The Morgan fingerprint density at radius 3 is 2.62 bits per heavy atom. The summed E-state index contributed by atoms with van der Waals surface area (Å²) >= 11 is 0.761. The lowest BCUT2D eigenvalue weighted by Crippen LogP contribution is -2.13. The standard InChI is InChI=1S/C9H9NO5S/c1-5(9(12)13)4-6(11)7-2-3-8(16-7)10(14)15/h2-3,5H,4H2,1H3,(H,12,13). The van der Waals surface area contributed by atoms with Crippen LogP contribution in [-0.2, 0) is 4.79 Å². The van der Waals surface area contributed by atoms with E-state index in [0.717, 1.165) is 11.3 Å². The number of carbonyl (C=O) groups excluding carboxylic acids is 1. The van der Waals surface area contributed by atoms with Gasteiger partial charge in [-0.15, -0.1) is 0 Å². The number of thiophene rings is 1. The van der Waals surface area contributed by atoms with Gasteiger partial charge in [-0.3, -0.25) is 19.7 Å². The van der Waals surface area contributed by atoms with E-state index in [1.165, 1.54) is 19.1 Å². The number of hydrogen-bond acceptors (Lipinski definition) is 5. The van der Waals surface area contributed by atoms with Crippen LogP contribution in [0.25, 0.3) is 0 Å². The Kier molecular flexibility index (Phi) is 3.73. The number of nitro groups is 1. The molecule has 1 N–H and O–H groups in total. The lowest BCUT2D eigenvalue weighted by atomic mass is 10.0. The van der Waals surface area contributed by atoms with Crippen LogP contribution in [-0.4, -0.2) is 21.8 Å². The van der Waals surface area contributed by atoms with E-state index < -0.39 is 16.8 Å². The third kappa shape index (κ3) is 2.86. The number of carbonyl (C=O) groups is 2. The minimum Gasteiger partial charge on any atom is -0.481 e. The molecule has 0 amide bonds. The molecule has 0 aromatic carbocycles. The van der Waals surface area contributed by atoms with Gasteiger partial charge < -0.3 is 5.11 Å². The van der Waals surface area contributed by atoms with Gasteiger partial charge in [0.05, 0.1) is 15.7 Å². The first-order valence-electron chi connectivity index (χ1n) is 4.42. The Morgan fingerprint density at radius 2 is 2.19 bits per heavy atom. The summed E-state index contributed by atoms with van der Waals surface area (Å²) in [7, 11) is 0. The highest BCUT2D eigenvalue weighted by molar-refractivity contribution is 7.17. The molecular formula is C9H9NO5S. The zero-order valence-electron chi connectivity index (χ0n) is 8.37. The number of nitrogens with zero attached hydrogens (tertiary/aromatic N) is 1. The van der Waals surface area contributed by atoms with Crippen LogP contribution in [0.2, 0.25) is 0 Å². The molecule has 0 bridgehead atoms. The molecule has 1 heterocycles. The van der Waals surface area contributed by atoms with Crippen LogP contribution >= 0.6 is 11.3 Å². The fourth-order valence-corrected chi connectivity index (χ4v) is 1.81. The zero-order chi connectivity index (χ0) is 12.3. The molecule has 0 radical (unpaired) electrons. The van der Waals surface area contributed by atoms with Gasteiger partial charge in [0.15, 0.2) is 5.78 Å². The molecule has 1 unspecified atom stereocenters. The summed E-state index contributed by atoms with van der Waals surface area (Å²) in [5, 5.41) is 18.9. The zero-order valence-corrected chi connectivity index (χ0v) is 9.19. The predicted molar refractivity (Wildman–Crippen MR) is 56.7 cm³/mol. The number of Topliss-reactive ketones (excluding diaryl/α,β-unsaturated/α-hetero) is 1. The van der Waals surface area contributed by atoms with Crippen molar-refractivity contribution in [2.45, 2.75) is 13.3 Å². The van der Waals surface area contributed by atoms with Crippen molar-refractivity contribution in [2.24, 2.45) is 5.92 Å². The Morgan fingerprint density at radius 1 is 1.56 bits per heavy atom. The summed E-state index contributed by atoms with van der Waals surface area (Å²) in [6.07, 6.45) is -0.146. The normalized spacial score (nSPS) is 12.1. The van der Waals surface area contributed by atoms with Gasteiger partial charge in [-0.2, -0.15) is 0 Å². The number of carboxylic acids is 1. The van der Waals surface area contributed by atoms with E-state index in [-0.39, 0.29) is 22.1 Å². The molecule has 86 valence electrons. The molecule has 0 spiro atoms. The minimum atomic E-state index is -1.06. The van der Waals surface area contributed by atoms with Gasteiger partial charge >= 0.3 is 11.0 Å². The van der Waals surface area contributed by atoms with E-state index in [9.17, 15) is 19.7 Å². The fraction of sp³-hybridized carbons (Fsp3) is 0.333. The summed E-state index contributed by atoms with van der Waals surface area (Å²) in [5.41, 5.74) is 0. The summed E-state index contributed by atoms with van der Waals surface area (Å²) < 4.78 is 0. The van der Waals surface area contributed by atoms with Crippen LogP contribution in [0.15, 0.2) is 12.1 Å². The van der Waals surface area contributed by atoms with E-state index in [1.54, 1.807) is 0 Å². The monoisotopic (exact) mass is 243 g/mol. The van der Waals surface area contributed by atoms with Crippen molar-refractivity contribution >= 4 is 28.1 Å². The molecule has 0 saturated heterocycles. The highest BCUT2D eigenvalue weighted by Crippen LogP contribution is 2.25. The SMILES string of the molecule is CC(CC(=O)c1ccc([N+](=O)[O-])s1)C(=O)O.